The molecular weight excluding hydrogens is 276 g/mol. The molecule has 0 aliphatic carbocycles. The maximum atomic E-state index is 5.42. The molecule has 1 saturated heterocycles. The number of nitrogens with zero attached hydrogens (tertiary/aromatic N) is 4. The standard InChI is InChI=1S/C17H18N4O/c1-22-14-7-9-20(11-14)16-8-10-21-12-15(18-17(21)19-16)13-5-3-2-4-6-13/h2-6,8,10,12,14H,7,9,11H2,1H3. The highest BCUT2D eigenvalue weighted by Gasteiger charge is 2.23. The Kier molecular flexibility index (Phi) is 3.27. The molecule has 22 heavy (non-hydrogen) atoms. The van der Waals surface area contributed by atoms with Crippen molar-refractivity contribution in [1.29, 1.82) is 0 Å². The van der Waals surface area contributed by atoms with Gasteiger partial charge in [-0.3, -0.25) is 4.40 Å². The second-order valence-corrected chi connectivity index (χ2v) is 5.58. The largest absolute Gasteiger partial charge is 0.380 e. The van der Waals surface area contributed by atoms with Crippen LogP contribution >= 0.6 is 0 Å². The highest BCUT2D eigenvalue weighted by Crippen LogP contribution is 2.22. The monoisotopic (exact) mass is 294 g/mol. The summed E-state index contributed by atoms with van der Waals surface area (Å²) in [6.45, 7) is 1.87. The van der Waals surface area contributed by atoms with Crippen LogP contribution in [-0.2, 0) is 4.74 Å². The molecule has 3 heterocycles. The lowest BCUT2D eigenvalue weighted by molar-refractivity contribution is 0.121. The third kappa shape index (κ3) is 2.33. The van der Waals surface area contributed by atoms with Crippen molar-refractivity contribution in [1.82, 2.24) is 14.4 Å². The number of methoxy groups -OCH3 is 1. The van der Waals surface area contributed by atoms with Crippen LogP contribution in [0.3, 0.4) is 0 Å². The Bertz CT molecular complexity index is 784. The van der Waals surface area contributed by atoms with Crippen molar-refractivity contribution in [2.45, 2.75) is 12.5 Å². The Balaban J connectivity index is 1.67. The van der Waals surface area contributed by atoms with Gasteiger partial charge >= 0.3 is 0 Å². The summed E-state index contributed by atoms with van der Waals surface area (Å²) in [6, 6.07) is 12.2. The topological polar surface area (TPSA) is 42.7 Å². The van der Waals surface area contributed by atoms with E-state index in [2.05, 4.69) is 22.0 Å². The molecule has 0 amide bonds. The molecular formula is C17H18N4O. The van der Waals surface area contributed by atoms with E-state index in [1.54, 1.807) is 7.11 Å². The zero-order valence-electron chi connectivity index (χ0n) is 12.5. The molecule has 2 aromatic heterocycles. The van der Waals surface area contributed by atoms with Crippen molar-refractivity contribution >= 4 is 11.6 Å². The zero-order chi connectivity index (χ0) is 14.9. The second kappa shape index (κ2) is 5.42. The Morgan fingerprint density at radius 2 is 2.00 bits per heavy atom. The summed E-state index contributed by atoms with van der Waals surface area (Å²) in [7, 11) is 1.77. The lowest BCUT2D eigenvalue weighted by atomic mass is 10.2. The van der Waals surface area contributed by atoms with Gasteiger partial charge in [0.1, 0.15) is 5.82 Å². The fourth-order valence-electron chi connectivity index (χ4n) is 2.92. The molecule has 1 aliphatic rings. The van der Waals surface area contributed by atoms with Gasteiger partial charge in [-0.1, -0.05) is 30.3 Å². The quantitative estimate of drug-likeness (QED) is 0.745. The molecule has 1 aliphatic heterocycles. The van der Waals surface area contributed by atoms with E-state index in [0.29, 0.717) is 6.10 Å². The fourth-order valence-corrected chi connectivity index (χ4v) is 2.92. The summed E-state index contributed by atoms with van der Waals surface area (Å²) in [5.74, 6) is 1.70. The minimum atomic E-state index is 0.303. The van der Waals surface area contributed by atoms with Gasteiger partial charge in [0.05, 0.1) is 11.8 Å². The van der Waals surface area contributed by atoms with E-state index in [9.17, 15) is 0 Å². The van der Waals surface area contributed by atoms with Crippen molar-refractivity contribution in [2.24, 2.45) is 0 Å². The summed E-state index contributed by atoms with van der Waals surface area (Å²) in [5.41, 5.74) is 2.05. The Hall–Kier alpha value is -2.40. The van der Waals surface area contributed by atoms with E-state index in [-0.39, 0.29) is 0 Å². The Morgan fingerprint density at radius 3 is 2.77 bits per heavy atom. The average Bonchev–Trinajstić information content (AvgIpc) is 3.21. The van der Waals surface area contributed by atoms with E-state index >= 15 is 0 Å². The summed E-state index contributed by atoms with van der Waals surface area (Å²) >= 11 is 0. The molecule has 112 valence electrons. The number of ether oxygens (including phenoxy) is 1. The van der Waals surface area contributed by atoms with Crippen LogP contribution in [0.2, 0.25) is 0 Å². The van der Waals surface area contributed by atoms with E-state index in [1.807, 2.05) is 41.1 Å². The lowest BCUT2D eigenvalue weighted by Crippen LogP contribution is -2.23. The molecule has 0 bridgehead atoms. The lowest BCUT2D eigenvalue weighted by Gasteiger charge is -2.16. The number of rotatable bonds is 3. The summed E-state index contributed by atoms with van der Waals surface area (Å²) in [6.07, 6.45) is 5.39. The number of imidazole rings is 1. The molecule has 1 atom stereocenters. The molecule has 4 rings (SSSR count). The predicted molar refractivity (Wildman–Crippen MR) is 86.1 cm³/mol. The van der Waals surface area contributed by atoms with E-state index in [0.717, 1.165) is 42.4 Å². The van der Waals surface area contributed by atoms with Gasteiger partial charge in [0.2, 0.25) is 5.78 Å². The van der Waals surface area contributed by atoms with Crippen molar-refractivity contribution in [3.05, 3.63) is 48.8 Å². The van der Waals surface area contributed by atoms with Gasteiger partial charge in [0.15, 0.2) is 0 Å². The Labute approximate surface area is 129 Å². The number of benzene rings is 1. The molecule has 5 nitrogen and oxygen atoms in total. The maximum Gasteiger partial charge on any atom is 0.236 e. The highest BCUT2D eigenvalue weighted by atomic mass is 16.5. The summed E-state index contributed by atoms with van der Waals surface area (Å²) < 4.78 is 7.39. The second-order valence-electron chi connectivity index (χ2n) is 5.58. The van der Waals surface area contributed by atoms with Crippen molar-refractivity contribution in [2.75, 3.05) is 25.1 Å². The first-order chi connectivity index (χ1) is 10.8. The minimum absolute atomic E-state index is 0.303. The number of aromatic nitrogens is 3. The van der Waals surface area contributed by atoms with Gasteiger partial charge in [-0.05, 0) is 12.5 Å². The predicted octanol–water partition coefficient (Wildman–Crippen LogP) is 2.62. The van der Waals surface area contributed by atoms with Crippen LogP contribution in [0.15, 0.2) is 48.8 Å². The highest BCUT2D eigenvalue weighted by molar-refractivity contribution is 5.61. The molecule has 0 spiro atoms. The maximum absolute atomic E-state index is 5.42. The first-order valence-electron chi connectivity index (χ1n) is 7.52. The van der Waals surface area contributed by atoms with Gasteiger partial charge in [-0.15, -0.1) is 0 Å². The number of hydrogen-bond acceptors (Lipinski definition) is 4. The summed E-state index contributed by atoms with van der Waals surface area (Å²) in [5, 5.41) is 0. The molecule has 0 radical (unpaired) electrons. The number of hydrogen-bond donors (Lipinski definition) is 0. The number of fused-ring (bicyclic) bond motifs is 1. The van der Waals surface area contributed by atoms with Crippen LogP contribution in [0.5, 0.6) is 0 Å². The van der Waals surface area contributed by atoms with E-state index in [1.165, 1.54) is 0 Å². The third-order valence-corrected chi connectivity index (χ3v) is 4.18. The molecule has 0 N–H and O–H groups in total. The van der Waals surface area contributed by atoms with Crippen LogP contribution in [0.1, 0.15) is 6.42 Å². The van der Waals surface area contributed by atoms with Gasteiger partial charge < -0.3 is 9.64 Å². The van der Waals surface area contributed by atoms with E-state index in [4.69, 9.17) is 9.72 Å². The van der Waals surface area contributed by atoms with Gasteiger partial charge in [-0.2, -0.15) is 4.98 Å². The van der Waals surface area contributed by atoms with Crippen molar-refractivity contribution < 1.29 is 4.74 Å². The van der Waals surface area contributed by atoms with Crippen LogP contribution in [0.25, 0.3) is 17.0 Å². The third-order valence-electron chi connectivity index (χ3n) is 4.18. The Morgan fingerprint density at radius 1 is 1.14 bits per heavy atom. The molecule has 1 fully saturated rings. The van der Waals surface area contributed by atoms with Crippen LogP contribution in [0.4, 0.5) is 5.82 Å². The average molecular weight is 294 g/mol. The van der Waals surface area contributed by atoms with Crippen LogP contribution in [0, 0.1) is 0 Å². The van der Waals surface area contributed by atoms with Gasteiger partial charge in [-0.25, -0.2) is 4.98 Å². The van der Waals surface area contributed by atoms with Gasteiger partial charge in [0.25, 0.3) is 0 Å². The molecule has 5 heteroatoms. The first-order valence-corrected chi connectivity index (χ1v) is 7.52. The SMILES string of the molecule is COC1CCN(c2ccn3cc(-c4ccccc4)nc3n2)C1. The van der Waals surface area contributed by atoms with Crippen molar-refractivity contribution in [3.63, 3.8) is 0 Å². The molecule has 1 aromatic carbocycles. The van der Waals surface area contributed by atoms with E-state index < -0.39 is 0 Å². The molecule has 0 saturated carbocycles. The van der Waals surface area contributed by atoms with Crippen molar-refractivity contribution in [3.8, 4) is 11.3 Å². The summed E-state index contributed by atoms with van der Waals surface area (Å²) in [4.78, 5) is 11.6. The van der Waals surface area contributed by atoms with Crippen LogP contribution < -0.4 is 4.90 Å². The fraction of sp³-hybridized carbons (Fsp3) is 0.294. The first kappa shape index (κ1) is 13.3. The zero-order valence-corrected chi connectivity index (χ0v) is 12.5. The van der Waals surface area contributed by atoms with Crippen LogP contribution in [-0.4, -0.2) is 40.7 Å². The molecule has 1 unspecified atom stereocenters. The van der Waals surface area contributed by atoms with Gasteiger partial charge in [0, 0.05) is 38.2 Å². The molecule has 3 aromatic rings. The smallest absolute Gasteiger partial charge is 0.236 e. The number of anilines is 1. The normalized spacial score (nSPS) is 18.2. The minimum Gasteiger partial charge on any atom is -0.380 e.